The van der Waals surface area contributed by atoms with Crippen LogP contribution in [0.1, 0.15) is 63.4 Å². The number of hydrogen-bond acceptors (Lipinski definition) is 6. The molecule has 1 aliphatic carbocycles. The van der Waals surface area contributed by atoms with Crippen LogP contribution >= 0.6 is 11.6 Å². The summed E-state index contributed by atoms with van der Waals surface area (Å²) < 4.78 is 5.41. The lowest BCUT2D eigenvalue weighted by Crippen LogP contribution is -2.58. The third-order valence-electron chi connectivity index (χ3n) is 7.79. The van der Waals surface area contributed by atoms with E-state index in [2.05, 4.69) is 20.9 Å². The summed E-state index contributed by atoms with van der Waals surface area (Å²) in [6, 6.07) is 5.55. The average molecular weight is 617 g/mol. The SMILES string of the molecule is CN(C)C(=O)[C@H]1CC[C@H](NC(=O)c2cc3cc(Cl)ccc3[nH]2)[C@H](NC(=O)C(=O)NC2CCN(C(=O)OC(C)(C)C)CC2)C1. The lowest BCUT2D eigenvalue weighted by Gasteiger charge is -2.37. The molecule has 2 heterocycles. The number of carbonyl (C=O) groups excluding carboxylic acids is 5. The maximum absolute atomic E-state index is 13.2. The van der Waals surface area contributed by atoms with Crippen molar-refractivity contribution in [3.05, 3.63) is 35.0 Å². The van der Waals surface area contributed by atoms with Gasteiger partial charge in [-0.15, -0.1) is 0 Å². The summed E-state index contributed by atoms with van der Waals surface area (Å²) in [5.74, 6) is -2.43. The zero-order valence-corrected chi connectivity index (χ0v) is 26.0. The fourth-order valence-electron chi connectivity index (χ4n) is 5.58. The number of amides is 5. The minimum Gasteiger partial charge on any atom is -0.444 e. The van der Waals surface area contributed by atoms with Crippen LogP contribution < -0.4 is 16.0 Å². The number of hydrogen-bond donors (Lipinski definition) is 4. The lowest BCUT2D eigenvalue weighted by molar-refractivity contribution is -0.141. The highest BCUT2D eigenvalue weighted by atomic mass is 35.5. The van der Waals surface area contributed by atoms with Gasteiger partial charge < -0.3 is 35.5 Å². The standard InChI is InChI=1S/C30H41ClN6O6/c1-30(2,3)43-29(42)37-12-10-20(11-13-37)32-26(39)27(40)35-23-15-17(28(41)36(4)5)6-8-22(23)34-25(38)24-16-18-14-19(31)7-9-21(18)33-24/h7,9,14,16-17,20,22-23,33H,6,8,10-13,15H2,1-5H3,(H,32,39)(H,34,38)(H,35,40)/t17-,22-,23+/m0/s1. The molecule has 1 aliphatic heterocycles. The molecule has 234 valence electrons. The van der Waals surface area contributed by atoms with Crippen LogP contribution in [-0.2, 0) is 19.1 Å². The van der Waals surface area contributed by atoms with Gasteiger partial charge in [0, 0.05) is 61.1 Å². The number of likely N-dealkylation sites (tertiary alicyclic amines) is 1. The van der Waals surface area contributed by atoms with E-state index in [0.717, 1.165) is 10.9 Å². The van der Waals surface area contributed by atoms with Crippen LogP contribution in [0.2, 0.25) is 5.02 Å². The van der Waals surface area contributed by atoms with Crippen molar-refractivity contribution in [2.24, 2.45) is 5.92 Å². The molecule has 13 heteroatoms. The van der Waals surface area contributed by atoms with E-state index in [1.54, 1.807) is 64.0 Å². The van der Waals surface area contributed by atoms with Crippen LogP contribution in [0.15, 0.2) is 24.3 Å². The monoisotopic (exact) mass is 616 g/mol. The highest BCUT2D eigenvalue weighted by molar-refractivity contribution is 6.35. The van der Waals surface area contributed by atoms with Crippen LogP contribution in [0, 0.1) is 5.92 Å². The molecule has 1 aromatic carbocycles. The highest BCUT2D eigenvalue weighted by Crippen LogP contribution is 2.27. The summed E-state index contributed by atoms with van der Waals surface area (Å²) in [5.41, 5.74) is 0.494. The van der Waals surface area contributed by atoms with Gasteiger partial charge in [0.15, 0.2) is 0 Å². The third kappa shape index (κ3) is 8.40. The van der Waals surface area contributed by atoms with Gasteiger partial charge in [-0.25, -0.2) is 4.79 Å². The molecule has 1 saturated carbocycles. The molecule has 4 rings (SSSR count). The predicted octanol–water partition coefficient (Wildman–Crippen LogP) is 2.81. The van der Waals surface area contributed by atoms with Crippen molar-refractivity contribution in [3.63, 3.8) is 0 Å². The Hall–Kier alpha value is -3.80. The first kappa shape index (κ1) is 32.1. The Morgan fingerprint density at radius 1 is 0.930 bits per heavy atom. The third-order valence-corrected chi connectivity index (χ3v) is 8.02. The zero-order chi connectivity index (χ0) is 31.5. The number of aromatic nitrogens is 1. The minimum absolute atomic E-state index is 0.0716. The van der Waals surface area contributed by atoms with Gasteiger partial charge in [0.2, 0.25) is 5.91 Å². The summed E-state index contributed by atoms with van der Waals surface area (Å²) in [7, 11) is 3.35. The van der Waals surface area contributed by atoms with Gasteiger partial charge in [-0.3, -0.25) is 19.2 Å². The molecule has 1 aromatic heterocycles. The van der Waals surface area contributed by atoms with Crippen LogP contribution in [0.4, 0.5) is 4.79 Å². The molecule has 0 spiro atoms. The van der Waals surface area contributed by atoms with Gasteiger partial charge in [0.25, 0.3) is 5.91 Å². The zero-order valence-electron chi connectivity index (χ0n) is 25.3. The number of nitrogens with one attached hydrogen (secondary N) is 4. The molecular formula is C30H41ClN6O6. The number of nitrogens with zero attached hydrogens (tertiary/aromatic N) is 2. The molecule has 12 nitrogen and oxygen atoms in total. The van der Waals surface area contributed by atoms with E-state index in [0.29, 0.717) is 49.5 Å². The smallest absolute Gasteiger partial charge is 0.410 e. The van der Waals surface area contributed by atoms with Gasteiger partial charge in [-0.1, -0.05) is 11.6 Å². The number of halogens is 1. The Bertz CT molecular complexity index is 1380. The Balaban J connectivity index is 1.37. The Morgan fingerprint density at radius 2 is 1.60 bits per heavy atom. The Kier molecular flexibility index (Phi) is 9.89. The van der Waals surface area contributed by atoms with Crippen LogP contribution in [-0.4, -0.2) is 95.4 Å². The van der Waals surface area contributed by atoms with Crippen molar-refractivity contribution < 1.29 is 28.7 Å². The van der Waals surface area contributed by atoms with E-state index >= 15 is 0 Å². The maximum atomic E-state index is 13.2. The number of ether oxygens (including phenoxy) is 1. The summed E-state index contributed by atoms with van der Waals surface area (Å²) in [6.07, 6.45) is 1.80. The van der Waals surface area contributed by atoms with Gasteiger partial charge in [0.1, 0.15) is 11.3 Å². The molecule has 0 radical (unpaired) electrons. The van der Waals surface area contributed by atoms with Gasteiger partial charge in [0.05, 0.1) is 6.04 Å². The number of rotatable bonds is 5. The minimum atomic E-state index is -0.836. The molecule has 4 N–H and O–H groups in total. The molecule has 2 fully saturated rings. The van der Waals surface area contributed by atoms with Crippen LogP contribution in [0.5, 0.6) is 0 Å². The van der Waals surface area contributed by atoms with Gasteiger partial charge >= 0.3 is 17.9 Å². The first-order valence-corrected chi connectivity index (χ1v) is 15.0. The molecule has 0 bridgehead atoms. The van der Waals surface area contributed by atoms with E-state index in [-0.39, 0.29) is 30.2 Å². The average Bonchev–Trinajstić information content (AvgIpc) is 3.36. The summed E-state index contributed by atoms with van der Waals surface area (Å²) in [5, 5.41) is 9.86. The van der Waals surface area contributed by atoms with E-state index in [1.165, 1.54) is 4.90 Å². The van der Waals surface area contributed by atoms with Crippen molar-refractivity contribution in [1.82, 2.24) is 30.7 Å². The lowest BCUT2D eigenvalue weighted by atomic mass is 9.81. The van der Waals surface area contributed by atoms with E-state index in [4.69, 9.17) is 16.3 Å². The number of piperidine rings is 1. The Morgan fingerprint density at radius 3 is 2.26 bits per heavy atom. The van der Waals surface area contributed by atoms with Crippen molar-refractivity contribution in [3.8, 4) is 0 Å². The molecule has 3 atom stereocenters. The first-order chi connectivity index (χ1) is 20.2. The molecule has 5 amide bonds. The fraction of sp³-hybridized carbons (Fsp3) is 0.567. The van der Waals surface area contributed by atoms with Crippen molar-refractivity contribution >= 4 is 52.2 Å². The normalized spacial score (nSPS) is 21.2. The second-order valence-electron chi connectivity index (χ2n) is 12.5. The number of aromatic amines is 1. The van der Waals surface area contributed by atoms with E-state index < -0.39 is 35.6 Å². The van der Waals surface area contributed by atoms with E-state index in [9.17, 15) is 24.0 Å². The van der Waals surface area contributed by atoms with Crippen molar-refractivity contribution in [2.45, 2.75) is 76.6 Å². The van der Waals surface area contributed by atoms with Gasteiger partial charge in [-0.05, 0) is 77.1 Å². The molecule has 0 unspecified atom stereocenters. The Labute approximate surface area is 256 Å². The number of carbonyl (C=O) groups is 5. The summed E-state index contributed by atoms with van der Waals surface area (Å²) in [6.45, 7) is 6.19. The molecule has 1 saturated heterocycles. The number of H-pyrrole nitrogens is 1. The summed E-state index contributed by atoms with van der Waals surface area (Å²) in [4.78, 5) is 70.4. The van der Waals surface area contributed by atoms with Gasteiger partial charge in [-0.2, -0.15) is 0 Å². The van der Waals surface area contributed by atoms with E-state index in [1.807, 2.05) is 0 Å². The fourth-order valence-corrected chi connectivity index (χ4v) is 5.76. The molecule has 2 aromatic rings. The molecule has 2 aliphatic rings. The van der Waals surface area contributed by atoms with Crippen LogP contribution in [0.25, 0.3) is 10.9 Å². The quantitative estimate of drug-likeness (QED) is 0.379. The largest absolute Gasteiger partial charge is 0.444 e. The van der Waals surface area contributed by atoms with Crippen LogP contribution in [0.3, 0.4) is 0 Å². The molecule has 43 heavy (non-hydrogen) atoms. The second-order valence-corrected chi connectivity index (χ2v) is 13.0. The number of fused-ring (bicyclic) bond motifs is 1. The second kappa shape index (κ2) is 13.2. The maximum Gasteiger partial charge on any atom is 0.410 e. The highest BCUT2D eigenvalue weighted by Gasteiger charge is 2.38. The van der Waals surface area contributed by atoms with Crippen molar-refractivity contribution in [2.75, 3.05) is 27.2 Å². The first-order valence-electron chi connectivity index (χ1n) is 14.6. The molecular weight excluding hydrogens is 576 g/mol. The number of benzene rings is 1. The van der Waals surface area contributed by atoms with Crippen molar-refractivity contribution in [1.29, 1.82) is 0 Å². The summed E-state index contributed by atoms with van der Waals surface area (Å²) >= 11 is 6.08. The predicted molar refractivity (Wildman–Crippen MR) is 162 cm³/mol. The topological polar surface area (TPSA) is 153 Å².